The summed E-state index contributed by atoms with van der Waals surface area (Å²) in [6, 6.07) is 42.1. The van der Waals surface area contributed by atoms with E-state index in [1.807, 2.05) is 121 Å². The lowest BCUT2D eigenvalue weighted by Gasteiger charge is -2.21. The van der Waals surface area contributed by atoms with E-state index in [1.54, 1.807) is 41.4 Å². The van der Waals surface area contributed by atoms with E-state index < -0.39 is 14.3 Å². The monoisotopic (exact) mass is 573 g/mol. The number of nitrogens with zero attached hydrogens (tertiary/aromatic N) is 2. The molecule has 6 rings (SSSR count). The van der Waals surface area contributed by atoms with Crippen molar-refractivity contribution in [2.24, 2.45) is 0 Å². The first-order valence-corrected chi connectivity index (χ1v) is 16.6. The molecule has 1 atom stereocenters. The zero-order valence-corrected chi connectivity index (χ0v) is 23.9. The summed E-state index contributed by atoms with van der Waals surface area (Å²) in [6.45, 7) is 0. The lowest BCUT2D eigenvalue weighted by atomic mass is 10.3. The van der Waals surface area contributed by atoms with Gasteiger partial charge in [-0.2, -0.15) is 0 Å². The Morgan fingerprint density at radius 1 is 0.512 bits per heavy atom. The average molecular weight is 574 g/mol. The first-order chi connectivity index (χ1) is 20.0. The standard InChI is InChI=1S/C34H26N2O3P2/c37-34-33(40(38,27-14-4-1-5-15-27)28-16-6-2-7-17-28)23-13-25-36(34)31-21-10-11-22-32(31)41(39,29-18-8-3-9-19-29)30-20-12-24-35-26-30/h1-26H/p+1. The number of benzene rings is 4. The normalized spacial score (nSPS) is 12.9. The van der Waals surface area contributed by atoms with Crippen LogP contribution in [0.15, 0.2) is 158 Å². The fourth-order valence-electron chi connectivity index (χ4n) is 5.17. The maximum atomic E-state index is 15.3. The van der Waals surface area contributed by atoms with Crippen LogP contribution in [0.2, 0.25) is 0 Å². The maximum absolute atomic E-state index is 15.3. The van der Waals surface area contributed by atoms with E-state index in [4.69, 9.17) is 0 Å². The van der Waals surface area contributed by atoms with Crippen molar-refractivity contribution in [3.05, 3.63) is 158 Å². The fourth-order valence-corrected chi connectivity index (χ4v) is 10.7. The molecule has 2 heterocycles. The highest BCUT2D eigenvalue weighted by atomic mass is 31.2. The zero-order chi connectivity index (χ0) is 28.3. The number of hydrogen-bond donors (Lipinski definition) is 1. The maximum Gasteiger partial charge on any atom is 0.383 e. The molecule has 0 aliphatic carbocycles. The minimum absolute atomic E-state index is 0.179. The number of aromatic nitrogens is 2. The highest BCUT2D eigenvalue weighted by Gasteiger charge is 2.40. The first kappa shape index (κ1) is 26.7. The van der Waals surface area contributed by atoms with Crippen LogP contribution in [0.1, 0.15) is 0 Å². The molecular formula is C34H27N2O3P2+. The van der Waals surface area contributed by atoms with Gasteiger partial charge in [-0.05, 0) is 24.3 Å². The predicted molar refractivity (Wildman–Crippen MR) is 166 cm³/mol. The predicted octanol–water partition coefficient (Wildman–Crippen LogP) is 4.34. The van der Waals surface area contributed by atoms with Gasteiger partial charge in [0.2, 0.25) is 5.69 Å². The van der Waals surface area contributed by atoms with Crippen LogP contribution in [0.5, 0.6) is 5.88 Å². The molecule has 0 spiro atoms. The van der Waals surface area contributed by atoms with E-state index in [-0.39, 0.29) is 5.88 Å². The highest BCUT2D eigenvalue weighted by molar-refractivity contribution is 7.86. The SMILES string of the molecule is O=P(c1ccccc1)(c1cccnc1)c1ccccc1-[n+]1cccc(P(=O)(c2ccccc2)c2ccccc2)c1O. The first-order valence-electron chi connectivity index (χ1n) is 13.2. The van der Waals surface area contributed by atoms with E-state index >= 15 is 9.13 Å². The second-order valence-corrected chi connectivity index (χ2v) is 15.0. The molecule has 0 radical (unpaired) electrons. The number of aromatic hydroxyl groups is 1. The number of hydrogen-bond acceptors (Lipinski definition) is 4. The fraction of sp³-hybridized carbons (Fsp3) is 0. The summed E-state index contributed by atoms with van der Waals surface area (Å²) < 4.78 is 31.9. The average Bonchev–Trinajstić information content (AvgIpc) is 3.06. The summed E-state index contributed by atoms with van der Waals surface area (Å²) in [7, 11) is -6.92. The Morgan fingerprint density at radius 3 is 1.51 bits per heavy atom. The van der Waals surface area contributed by atoms with Gasteiger partial charge in [-0.1, -0.05) is 103 Å². The van der Waals surface area contributed by atoms with Crippen LogP contribution in [0.3, 0.4) is 0 Å². The third kappa shape index (κ3) is 4.64. The second-order valence-electron chi connectivity index (χ2n) is 9.51. The molecule has 0 fully saturated rings. The topological polar surface area (TPSA) is 71.1 Å². The summed E-state index contributed by atoms with van der Waals surface area (Å²) in [4.78, 5) is 4.27. The summed E-state index contributed by atoms with van der Waals surface area (Å²) in [5, 5.41) is 15.2. The molecule has 0 amide bonds. The van der Waals surface area contributed by atoms with E-state index in [9.17, 15) is 5.11 Å². The van der Waals surface area contributed by atoms with Gasteiger partial charge in [0.15, 0.2) is 20.5 Å². The minimum atomic E-state index is -3.48. The molecule has 1 unspecified atom stereocenters. The van der Waals surface area contributed by atoms with Gasteiger partial charge >= 0.3 is 5.88 Å². The molecule has 200 valence electrons. The summed E-state index contributed by atoms with van der Waals surface area (Å²) >= 11 is 0. The molecule has 5 nitrogen and oxygen atoms in total. The van der Waals surface area contributed by atoms with E-state index in [0.29, 0.717) is 37.5 Å². The molecule has 0 aliphatic rings. The Bertz CT molecular complexity index is 1810. The molecule has 7 heteroatoms. The van der Waals surface area contributed by atoms with E-state index in [2.05, 4.69) is 4.98 Å². The van der Waals surface area contributed by atoms with Gasteiger partial charge in [0.05, 0.1) is 5.30 Å². The van der Waals surface area contributed by atoms with Crippen molar-refractivity contribution in [3.63, 3.8) is 0 Å². The van der Waals surface area contributed by atoms with Crippen LogP contribution in [0, 0.1) is 0 Å². The van der Waals surface area contributed by atoms with Gasteiger partial charge in [-0.15, -0.1) is 4.57 Å². The van der Waals surface area contributed by atoms with Crippen LogP contribution in [0.25, 0.3) is 5.69 Å². The summed E-state index contributed by atoms with van der Waals surface area (Å²) in [5.41, 5.74) is 0.524. The van der Waals surface area contributed by atoms with Crippen LogP contribution >= 0.6 is 14.3 Å². The van der Waals surface area contributed by atoms with Crippen molar-refractivity contribution >= 4 is 46.1 Å². The Morgan fingerprint density at radius 2 is 0.976 bits per heavy atom. The Hall–Kier alpha value is -4.56. The molecule has 41 heavy (non-hydrogen) atoms. The third-order valence-corrected chi connectivity index (χ3v) is 13.3. The molecule has 0 saturated heterocycles. The Kier molecular flexibility index (Phi) is 7.24. The van der Waals surface area contributed by atoms with Crippen molar-refractivity contribution in [1.82, 2.24) is 4.98 Å². The zero-order valence-electron chi connectivity index (χ0n) is 22.1. The molecule has 6 aromatic rings. The van der Waals surface area contributed by atoms with Gasteiger partial charge in [0, 0.05) is 45.7 Å². The van der Waals surface area contributed by atoms with Crippen LogP contribution < -0.4 is 36.4 Å². The van der Waals surface area contributed by atoms with E-state index in [0.717, 1.165) is 0 Å². The minimum Gasteiger partial charge on any atom is -0.459 e. The number of para-hydroxylation sites is 1. The number of pyridine rings is 2. The van der Waals surface area contributed by atoms with Crippen LogP contribution in [-0.4, -0.2) is 10.1 Å². The van der Waals surface area contributed by atoms with Crippen molar-refractivity contribution in [2.75, 3.05) is 0 Å². The van der Waals surface area contributed by atoms with Gasteiger partial charge < -0.3 is 14.2 Å². The largest absolute Gasteiger partial charge is 0.459 e. The van der Waals surface area contributed by atoms with Crippen LogP contribution in [0.4, 0.5) is 0 Å². The molecule has 0 aliphatic heterocycles. The van der Waals surface area contributed by atoms with Gasteiger partial charge in [0.1, 0.15) is 5.30 Å². The Labute approximate surface area is 239 Å². The van der Waals surface area contributed by atoms with Crippen molar-refractivity contribution in [2.45, 2.75) is 0 Å². The molecular weight excluding hydrogens is 546 g/mol. The lowest BCUT2D eigenvalue weighted by Crippen LogP contribution is -2.42. The van der Waals surface area contributed by atoms with Crippen LogP contribution in [-0.2, 0) is 9.13 Å². The quantitative estimate of drug-likeness (QED) is 0.228. The van der Waals surface area contributed by atoms with Gasteiger partial charge in [-0.3, -0.25) is 4.98 Å². The molecule has 2 aromatic heterocycles. The molecule has 0 saturated carbocycles. The third-order valence-electron chi connectivity index (χ3n) is 7.14. The second kappa shape index (κ2) is 11.1. The molecule has 1 N–H and O–H groups in total. The summed E-state index contributed by atoms with van der Waals surface area (Å²) in [5.74, 6) is -0.179. The molecule has 4 aromatic carbocycles. The number of rotatable bonds is 7. The van der Waals surface area contributed by atoms with Crippen molar-refractivity contribution < 1.29 is 18.8 Å². The van der Waals surface area contributed by atoms with E-state index in [1.165, 1.54) is 0 Å². The summed E-state index contributed by atoms with van der Waals surface area (Å²) in [6.07, 6.45) is 4.99. The van der Waals surface area contributed by atoms with Gasteiger partial charge in [-0.25, -0.2) is 0 Å². The smallest absolute Gasteiger partial charge is 0.383 e. The Balaban J connectivity index is 1.62. The van der Waals surface area contributed by atoms with Crippen molar-refractivity contribution in [1.29, 1.82) is 0 Å². The van der Waals surface area contributed by atoms with Crippen molar-refractivity contribution in [3.8, 4) is 11.6 Å². The molecule has 0 bridgehead atoms. The van der Waals surface area contributed by atoms with Gasteiger partial charge in [0.25, 0.3) is 0 Å². The highest BCUT2D eigenvalue weighted by Crippen LogP contribution is 2.45. The lowest BCUT2D eigenvalue weighted by molar-refractivity contribution is -0.601.